The molecular weight excluding hydrogens is 484 g/mol. The highest BCUT2D eigenvalue weighted by atomic mass is 16.5. The van der Waals surface area contributed by atoms with E-state index < -0.39 is 6.04 Å². The van der Waals surface area contributed by atoms with Crippen molar-refractivity contribution >= 4 is 22.6 Å². The van der Waals surface area contributed by atoms with Crippen molar-refractivity contribution in [2.75, 3.05) is 6.61 Å². The van der Waals surface area contributed by atoms with Crippen molar-refractivity contribution < 1.29 is 14.3 Å². The summed E-state index contributed by atoms with van der Waals surface area (Å²) < 4.78 is 6.12. The summed E-state index contributed by atoms with van der Waals surface area (Å²) in [6, 6.07) is 31.3. The standard InChI is InChI=1S/C34H36N2O3/c1-25-12-5-6-16-28(25)23-36(33(37)24-39-32-21-11-17-27-15-7-10-20-30(27)32)31(22-26-13-3-2-4-14-26)34(38)35-29-18-8-9-19-29/h2-7,10-17,20-21,29,31H,8-9,18-19,22-24H2,1H3,(H,35,38). The monoisotopic (exact) mass is 520 g/mol. The van der Waals surface area contributed by atoms with Crippen molar-refractivity contribution in [3.63, 3.8) is 0 Å². The highest BCUT2D eigenvalue weighted by Gasteiger charge is 2.32. The van der Waals surface area contributed by atoms with Gasteiger partial charge in [0, 0.05) is 24.4 Å². The van der Waals surface area contributed by atoms with Crippen LogP contribution in [-0.4, -0.2) is 35.4 Å². The number of fused-ring (bicyclic) bond motifs is 1. The summed E-state index contributed by atoms with van der Waals surface area (Å²) in [5, 5.41) is 5.27. The Kier molecular flexibility index (Phi) is 8.57. The molecule has 5 nitrogen and oxygen atoms in total. The number of hydrogen-bond donors (Lipinski definition) is 1. The van der Waals surface area contributed by atoms with Crippen LogP contribution in [0.2, 0.25) is 0 Å². The van der Waals surface area contributed by atoms with E-state index in [-0.39, 0.29) is 24.5 Å². The molecule has 39 heavy (non-hydrogen) atoms. The minimum Gasteiger partial charge on any atom is -0.483 e. The number of aryl methyl sites for hydroxylation is 1. The van der Waals surface area contributed by atoms with Crippen LogP contribution >= 0.6 is 0 Å². The summed E-state index contributed by atoms with van der Waals surface area (Å²) in [6.45, 7) is 2.22. The minimum atomic E-state index is -0.656. The van der Waals surface area contributed by atoms with E-state index >= 15 is 0 Å². The number of benzene rings is 4. The smallest absolute Gasteiger partial charge is 0.261 e. The van der Waals surface area contributed by atoms with E-state index in [1.807, 2.05) is 104 Å². The van der Waals surface area contributed by atoms with Gasteiger partial charge >= 0.3 is 0 Å². The third-order valence-corrected chi connectivity index (χ3v) is 7.68. The van der Waals surface area contributed by atoms with Gasteiger partial charge in [0.15, 0.2) is 6.61 Å². The highest BCUT2D eigenvalue weighted by Crippen LogP contribution is 2.26. The molecule has 0 spiro atoms. The molecule has 2 amide bonds. The maximum absolute atomic E-state index is 14.0. The molecule has 1 N–H and O–H groups in total. The van der Waals surface area contributed by atoms with Gasteiger partial charge in [-0.15, -0.1) is 0 Å². The molecule has 1 saturated carbocycles. The lowest BCUT2D eigenvalue weighted by atomic mass is 10.0. The molecule has 1 atom stereocenters. The molecular formula is C34H36N2O3. The fourth-order valence-corrected chi connectivity index (χ4v) is 5.44. The first-order valence-electron chi connectivity index (χ1n) is 13.9. The second-order valence-corrected chi connectivity index (χ2v) is 10.4. The summed E-state index contributed by atoms with van der Waals surface area (Å²) in [7, 11) is 0. The lowest BCUT2D eigenvalue weighted by molar-refractivity contribution is -0.143. The molecule has 0 aliphatic heterocycles. The van der Waals surface area contributed by atoms with E-state index in [1.165, 1.54) is 0 Å². The maximum Gasteiger partial charge on any atom is 0.261 e. The SMILES string of the molecule is Cc1ccccc1CN(C(=O)COc1cccc2ccccc12)C(Cc1ccccc1)C(=O)NC1CCCC1. The zero-order valence-corrected chi connectivity index (χ0v) is 22.5. The highest BCUT2D eigenvalue weighted by molar-refractivity contribution is 5.90. The predicted molar refractivity (Wildman–Crippen MR) is 156 cm³/mol. The van der Waals surface area contributed by atoms with Gasteiger partial charge in [0.05, 0.1) is 0 Å². The van der Waals surface area contributed by atoms with Gasteiger partial charge in [0.1, 0.15) is 11.8 Å². The van der Waals surface area contributed by atoms with Crippen LogP contribution in [-0.2, 0) is 22.6 Å². The van der Waals surface area contributed by atoms with Gasteiger partial charge in [0.25, 0.3) is 5.91 Å². The van der Waals surface area contributed by atoms with E-state index in [4.69, 9.17) is 4.74 Å². The Morgan fingerprint density at radius 2 is 1.56 bits per heavy atom. The number of nitrogens with zero attached hydrogens (tertiary/aromatic N) is 1. The molecule has 0 radical (unpaired) electrons. The van der Waals surface area contributed by atoms with Crippen molar-refractivity contribution in [3.05, 3.63) is 114 Å². The molecule has 0 bridgehead atoms. The number of carbonyl (C=O) groups excluding carboxylic acids is 2. The fraction of sp³-hybridized carbons (Fsp3) is 0.294. The molecule has 5 rings (SSSR count). The van der Waals surface area contributed by atoms with Gasteiger partial charge in [-0.3, -0.25) is 9.59 Å². The lowest BCUT2D eigenvalue weighted by Crippen LogP contribution is -2.53. The molecule has 4 aromatic rings. The van der Waals surface area contributed by atoms with Crippen LogP contribution in [0.5, 0.6) is 5.75 Å². The van der Waals surface area contributed by atoms with Gasteiger partial charge in [-0.1, -0.05) is 104 Å². The lowest BCUT2D eigenvalue weighted by Gasteiger charge is -2.32. The quantitative estimate of drug-likeness (QED) is 0.270. The Morgan fingerprint density at radius 1 is 0.872 bits per heavy atom. The van der Waals surface area contributed by atoms with Gasteiger partial charge in [-0.25, -0.2) is 0 Å². The zero-order valence-electron chi connectivity index (χ0n) is 22.5. The number of hydrogen-bond acceptors (Lipinski definition) is 3. The number of ether oxygens (including phenoxy) is 1. The number of nitrogens with one attached hydrogen (secondary N) is 1. The molecule has 5 heteroatoms. The van der Waals surface area contributed by atoms with E-state index in [2.05, 4.69) is 5.32 Å². The summed E-state index contributed by atoms with van der Waals surface area (Å²) in [4.78, 5) is 29.5. The number of amides is 2. The number of carbonyl (C=O) groups is 2. The van der Waals surface area contributed by atoms with E-state index in [1.54, 1.807) is 4.90 Å². The van der Waals surface area contributed by atoms with Crippen LogP contribution in [0, 0.1) is 6.92 Å². The molecule has 0 aromatic heterocycles. The average molecular weight is 521 g/mol. The second kappa shape index (κ2) is 12.6. The number of rotatable bonds is 10. The van der Waals surface area contributed by atoms with E-state index in [0.29, 0.717) is 18.7 Å². The Hall–Kier alpha value is -4.12. The summed E-state index contributed by atoms with van der Waals surface area (Å²) in [5.41, 5.74) is 3.12. The molecule has 1 aliphatic carbocycles. The molecule has 1 aliphatic rings. The Bertz CT molecular complexity index is 1410. The van der Waals surface area contributed by atoms with Crippen molar-refractivity contribution in [3.8, 4) is 5.75 Å². The molecule has 1 fully saturated rings. The normalized spacial score (nSPS) is 14.2. The van der Waals surface area contributed by atoms with Crippen LogP contribution in [0.3, 0.4) is 0 Å². The molecule has 0 saturated heterocycles. The molecule has 0 heterocycles. The minimum absolute atomic E-state index is 0.0992. The van der Waals surface area contributed by atoms with Gasteiger partial charge in [0.2, 0.25) is 5.91 Å². The van der Waals surface area contributed by atoms with Crippen LogP contribution < -0.4 is 10.1 Å². The zero-order chi connectivity index (χ0) is 27.0. The molecule has 1 unspecified atom stereocenters. The van der Waals surface area contributed by atoms with Gasteiger partial charge < -0.3 is 15.0 Å². The predicted octanol–water partition coefficient (Wildman–Crippen LogP) is 6.23. The third kappa shape index (κ3) is 6.66. The average Bonchev–Trinajstić information content (AvgIpc) is 3.48. The van der Waals surface area contributed by atoms with Crippen molar-refractivity contribution in [2.45, 2.75) is 57.7 Å². The Labute approximate surface area is 230 Å². The summed E-state index contributed by atoms with van der Waals surface area (Å²) in [6.07, 6.45) is 4.66. The second-order valence-electron chi connectivity index (χ2n) is 10.4. The van der Waals surface area contributed by atoms with Crippen LogP contribution in [0.4, 0.5) is 0 Å². The molecule has 4 aromatic carbocycles. The van der Waals surface area contributed by atoms with Crippen LogP contribution in [0.25, 0.3) is 10.8 Å². The largest absolute Gasteiger partial charge is 0.483 e. The van der Waals surface area contributed by atoms with Crippen molar-refractivity contribution in [1.29, 1.82) is 0 Å². The fourth-order valence-electron chi connectivity index (χ4n) is 5.44. The van der Waals surface area contributed by atoms with E-state index in [0.717, 1.165) is 53.1 Å². The topological polar surface area (TPSA) is 58.6 Å². The van der Waals surface area contributed by atoms with Crippen LogP contribution in [0.1, 0.15) is 42.4 Å². The first-order valence-corrected chi connectivity index (χ1v) is 13.9. The van der Waals surface area contributed by atoms with E-state index in [9.17, 15) is 9.59 Å². The van der Waals surface area contributed by atoms with Gasteiger partial charge in [-0.2, -0.15) is 0 Å². The Balaban J connectivity index is 1.44. The van der Waals surface area contributed by atoms with Crippen LogP contribution in [0.15, 0.2) is 97.1 Å². The van der Waals surface area contributed by atoms with Gasteiger partial charge in [-0.05, 0) is 47.9 Å². The molecule has 200 valence electrons. The third-order valence-electron chi connectivity index (χ3n) is 7.68. The Morgan fingerprint density at radius 3 is 2.36 bits per heavy atom. The van der Waals surface area contributed by atoms with Crippen molar-refractivity contribution in [1.82, 2.24) is 10.2 Å². The summed E-state index contributed by atoms with van der Waals surface area (Å²) in [5.74, 6) is 0.346. The first kappa shape index (κ1) is 26.5. The summed E-state index contributed by atoms with van der Waals surface area (Å²) >= 11 is 0. The first-order chi connectivity index (χ1) is 19.1. The van der Waals surface area contributed by atoms with Crippen molar-refractivity contribution in [2.24, 2.45) is 0 Å². The maximum atomic E-state index is 14.0.